The van der Waals surface area contributed by atoms with E-state index in [0.717, 1.165) is 59.3 Å². The summed E-state index contributed by atoms with van der Waals surface area (Å²) in [6.45, 7) is 7.58. The zero-order valence-electron chi connectivity index (χ0n) is 20.4. The number of hydrogen-bond acceptors (Lipinski definition) is 5. The fourth-order valence-corrected chi connectivity index (χ4v) is 3.99. The summed E-state index contributed by atoms with van der Waals surface area (Å²) in [5.74, 6) is 2.11. The molecule has 0 saturated heterocycles. The van der Waals surface area contributed by atoms with Crippen LogP contribution in [0.25, 0.3) is 27.7 Å². The van der Waals surface area contributed by atoms with Gasteiger partial charge in [-0.15, -0.1) is 0 Å². The molecule has 3 aromatic rings. The van der Waals surface area contributed by atoms with E-state index in [4.69, 9.17) is 18.6 Å². The molecule has 1 amide bonds. The average molecular weight is 452 g/mol. The highest BCUT2D eigenvalue weighted by atomic mass is 16.5. The van der Waals surface area contributed by atoms with Crippen molar-refractivity contribution in [1.82, 2.24) is 4.90 Å². The second kappa shape index (κ2) is 10.9. The number of methoxy groups -OCH3 is 3. The number of furan rings is 1. The van der Waals surface area contributed by atoms with E-state index >= 15 is 0 Å². The van der Waals surface area contributed by atoms with Crippen molar-refractivity contribution in [3.8, 4) is 28.4 Å². The number of amides is 1. The van der Waals surface area contributed by atoms with Crippen LogP contribution in [0.5, 0.6) is 17.2 Å². The molecule has 6 heteroatoms. The summed E-state index contributed by atoms with van der Waals surface area (Å²) in [6.07, 6.45) is 5.25. The van der Waals surface area contributed by atoms with Crippen LogP contribution in [0.4, 0.5) is 0 Å². The number of carbonyl (C=O) groups is 1. The number of ether oxygens (including phenoxy) is 3. The van der Waals surface area contributed by atoms with Crippen LogP contribution in [0.3, 0.4) is 0 Å². The number of hydrogen-bond donors (Lipinski definition) is 0. The summed E-state index contributed by atoms with van der Waals surface area (Å²) >= 11 is 0. The molecule has 0 aliphatic carbocycles. The number of fused-ring (bicyclic) bond motifs is 1. The fraction of sp³-hybridized carbons (Fsp3) is 0.370. The highest BCUT2D eigenvalue weighted by Gasteiger charge is 2.18. The Hall–Kier alpha value is -3.41. The number of carbonyl (C=O) groups excluding carboxylic acids is 1. The lowest BCUT2D eigenvalue weighted by Gasteiger charge is -2.20. The van der Waals surface area contributed by atoms with Gasteiger partial charge in [-0.25, -0.2) is 0 Å². The first-order chi connectivity index (χ1) is 16.0. The summed E-state index contributed by atoms with van der Waals surface area (Å²) in [5.41, 5.74) is 4.11. The van der Waals surface area contributed by atoms with Crippen molar-refractivity contribution >= 4 is 22.4 Å². The third-order valence-corrected chi connectivity index (χ3v) is 5.66. The molecule has 2 aromatic carbocycles. The van der Waals surface area contributed by atoms with E-state index in [-0.39, 0.29) is 5.91 Å². The van der Waals surface area contributed by atoms with Gasteiger partial charge in [0.1, 0.15) is 22.8 Å². The number of allylic oxidation sites excluding steroid dienone is 1. The molecule has 0 atom stereocenters. The van der Waals surface area contributed by atoms with Gasteiger partial charge in [0.15, 0.2) is 0 Å². The molecule has 0 aliphatic rings. The Morgan fingerprint density at radius 1 is 0.939 bits per heavy atom. The maximum atomic E-state index is 12.9. The molecule has 0 bridgehead atoms. The van der Waals surface area contributed by atoms with Gasteiger partial charge in [0.25, 0.3) is 0 Å². The molecule has 1 heterocycles. The third-order valence-electron chi connectivity index (χ3n) is 5.66. The molecule has 0 saturated carbocycles. The minimum atomic E-state index is 0.0141. The number of benzene rings is 2. The Morgan fingerprint density at radius 2 is 1.64 bits per heavy atom. The molecule has 1 aromatic heterocycles. The number of nitrogens with zero attached hydrogens (tertiary/aromatic N) is 1. The highest BCUT2D eigenvalue weighted by molar-refractivity contribution is 6.01. The van der Waals surface area contributed by atoms with Crippen molar-refractivity contribution in [3.63, 3.8) is 0 Å². The first-order valence-corrected chi connectivity index (χ1v) is 11.3. The summed E-state index contributed by atoms with van der Waals surface area (Å²) in [7, 11) is 4.89. The van der Waals surface area contributed by atoms with Gasteiger partial charge in [-0.1, -0.05) is 13.8 Å². The molecule has 0 spiro atoms. The molecule has 33 heavy (non-hydrogen) atoms. The van der Waals surface area contributed by atoms with Crippen LogP contribution in [0.2, 0.25) is 0 Å². The number of rotatable bonds is 10. The summed E-state index contributed by atoms with van der Waals surface area (Å²) in [4.78, 5) is 14.8. The lowest BCUT2D eigenvalue weighted by molar-refractivity contribution is -0.126. The van der Waals surface area contributed by atoms with E-state index in [1.807, 2.05) is 42.2 Å². The first kappa shape index (κ1) is 24.2. The Labute approximate surface area is 195 Å². The van der Waals surface area contributed by atoms with E-state index < -0.39 is 0 Å². The Morgan fingerprint density at radius 3 is 2.24 bits per heavy atom. The first-order valence-electron chi connectivity index (χ1n) is 11.3. The van der Waals surface area contributed by atoms with Gasteiger partial charge in [-0.3, -0.25) is 4.79 Å². The molecule has 0 fully saturated rings. The predicted molar refractivity (Wildman–Crippen MR) is 132 cm³/mol. The zero-order valence-corrected chi connectivity index (χ0v) is 20.4. The highest BCUT2D eigenvalue weighted by Crippen LogP contribution is 2.41. The largest absolute Gasteiger partial charge is 0.497 e. The van der Waals surface area contributed by atoms with Gasteiger partial charge in [0.05, 0.1) is 27.6 Å². The topological polar surface area (TPSA) is 61.1 Å². The molecule has 0 unspecified atom stereocenters. The van der Waals surface area contributed by atoms with Crippen LogP contribution < -0.4 is 14.2 Å². The minimum Gasteiger partial charge on any atom is -0.497 e. The van der Waals surface area contributed by atoms with Gasteiger partial charge in [-0.2, -0.15) is 0 Å². The standard InChI is InChI=1S/C27H33NO5/c1-7-11-28(12-8-2)27(29)13-18(3)20-15-22-23(17-33-26(22)16-25(20)32-6)21-14-19(30-4)9-10-24(21)31-5/h9-10,13-17H,7-8,11-12H2,1-6H3/b18-13+. The van der Waals surface area contributed by atoms with Crippen molar-refractivity contribution in [3.05, 3.63) is 48.2 Å². The van der Waals surface area contributed by atoms with Crippen LogP contribution >= 0.6 is 0 Å². The van der Waals surface area contributed by atoms with Gasteiger partial charge < -0.3 is 23.5 Å². The molecular formula is C27H33NO5. The van der Waals surface area contributed by atoms with Crippen molar-refractivity contribution in [2.45, 2.75) is 33.6 Å². The van der Waals surface area contributed by atoms with Crippen molar-refractivity contribution in [2.24, 2.45) is 0 Å². The summed E-state index contributed by atoms with van der Waals surface area (Å²) in [5, 5.41) is 0.900. The van der Waals surface area contributed by atoms with Gasteiger partial charge in [0.2, 0.25) is 5.91 Å². The Bertz CT molecular complexity index is 1140. The second-order valence-electron chi connectivity index (χ2n) is 7.92. The SMILES string of the molecule is CCCN(CCC)C(=O)/C=C(\C)c1cc2c(-c3cc(OC)ccc3OC)coc2cc1OC. The van der Waals surface area contributed by atoms with Crippen molar-refractivity contribution in [1.29, 1.82) is 0 Å². The third kappa shape index (κ3) is 5.16. The minimum absolute atomic E-state index is 0.0141. The van der Waals surface area contributed by atoms with Crippen molar-refractivity contribution in [2.75, 3.05) is 34.4 Å². The van der Waals surface area contributed by atoms with Gasteiger partial charge in [0, 0.05) is 47.3 Å². The molecule has 3 rings (SSSR count). The fourth-order valence-electron chi connectivity index (χ4n) is 3.99. The van der Waals surface area contributed by atoms with Gasteiger partial charge >= 0.3 is 0 Å². The lowest BCUT2D eigenvalue weighted by atomic mass is 9.98. The molecule has 0 aliphatic heterocycles. The maximum Gasteiger partial charge on any atom is 0.246 e. The molecule has 0 radical (unpaired) electrons. The van der Waals surface area contributed by atoms with Crippen LogP contribution in [0.15, 0.2) is 47.1 Å². The van der Waals surface area contributed by atoms with Crippen LogP contribution in [-0.4, -0.2) is 45.2 Å². The molecular weight excluding hydrogens is 418 g/mol. The van der Waals surface area contributed by atoms with Crippen molar-refractivity contribution < 1.29 is 23.4 Å². The summed E-state index contributed by atoms with van der Waals surface area (Å²) < 4.78 is 22.5. The molecule has 6 nitrogen and oxygen atoms in total. The smallest absolute Gasteiger partial charge is 0.246 e. The Kier molecular flexibility index (Phi) is 8.04. The lowest BCUT2D eigenvalue weighted by Crippen LogP contribution is -2.31. The van der Waals surface area contributed by atoms with E-state index in [1.54, 1.807) is 33.7 Å². The van der Waals surface area contributed by atoms with E-state index in [0.29, 0.717) is 17.1 Å². The second-order valence-corrected chi connectivity index (χ2v) is 7.92. The summed E-state index contributed by atoms with van der Waals surface area (Å²) in [6, 6.07) is 9.52. The quantitative estimate of drug-likeness (QED) is 0.345. The van der Waals surface area contributed by atoms with E-state index in [2.05, 4.69) is 13.8 Å². The average Bonchev–Trinajstić information content (AvgIpc) is 3.25. The van der Waals surface area contributed by atoms with Crippen LogP contribution in [0.1, 0.15) is 39.2 Å². The van der Waals surface area contributed by atoms with Gasteiger partial charge in [-0.05, 0) is 49.6 Å². The Balaban J connectivity index is 2.12. The van der Waals surface area contributed by atoms with Crippen LogP contribution in [0, 0.1) is 0 Å². The molecule has 0 N–H and O–H groups in total. The normalized spacial score (nSPS) is 11.5. The molecule has 176 valence electrons. The predicted octanol–water partition coefficient (Wildman–Crippen LogP) is 6.18. The maximum absolute atomic E-state index is 12.9. The van der Waals surface area contributed by atoms with Crippen LogP contribution in [-0.2, 0) is 4.79 Å². The zero-order chi connectivity index (χ0) is 24.0. The monoisotopic (exact) mass is 451 g/mol. The van der Waals surface area contributed by atoms with E-state index in [9.17, 15) is 4.79 Å². The van der Waals surface area contributed by atoms with E-state index in [1.165, 1.54) is 0 Å².